The summed E-state index contributed by atoms with van der Waals surface area (Å²) in [4.78, 5) is 0. The number of halogens is 20. The van der Waals surface area contributed by atoms with Crippen molar-refractivity contribution in [3.63, 3.8) is 0 Å². The van der Waals surface area contributed by atoms with Crippen LogP contribution in [0.5, 0.6) is 0 Å². The van der Waals surface area contributed by atoms with Crippen LogP contribution in [0.15, 0.2) is 91.0 Å². The topological polar surface area (TPSA) is 14.0 Å². The van der Waals surface area contributed by atoms with Crippen LogP contribution >= 0.6 is 7.05 Å². The Balaban J connectivity index is 0.000000216. The van der Waals surface area contributed by atoms with Crippen molar-refractivity contribution in [2.24, 2.45) is 0 Å². The maximum atomic E-state index is 14.7. The van der Waals surface area contributed by atoms with Crippen molar-refractivity contribution in [1.82, 2.24) is 0 Å². The first-order valence-corrected chi connectivity index (χ1v) is 19.5. The van der Waals surface area contributed by atoms with Crippen molar-refractivity contribution < 1.29 is 92.6 Å². The molecule has 338 valence electrons. The van der Waals surface area contributed by atoms with E-state index in [1.807, 2.05) is 0 Å². The summed E-state index contributed by atoms with van der Waals surface area (Å²) in [5, 5.41) is 1.99. The molecule has 0 bridgehead atoms. The normalized spacial score (nSPS) is 11.5. The van der Waals surface area contributed by atoms with Crippen molar-refractivity contribution in [3.8, 4) is 0 Å². The largest absolute Gasteiger partial charge is 0.278 e. The van der Waals surface area contributed by atoms with Gasteiger partial charge < -0.3 is 0 Å². The van der Waals surface area contributed by atoms with E-state index in [9.17, 15) is 87.8 Å². The van der Waals surface area contributed by atoms with E-state index in [-0.39, 0.29) is 0 Å². The first kappa shape index (κ1) is 47.9. The first-order valence-electron chi connectivity index (χ1n) is 17.7. The highest BCUT2D eigenvalue weighted by molar-refractivity contribution is 7.85. The average Bonchev–Trinajstić information content (AvgIpc) is 3.32. The predicted octanol–water partition coefficient (Wildman–Crippen LogP) is 8.29. The van der Waals surface area contributed by atoms with Crippen molar-refractivity contribution in [2.45, 2.75) is 0 Å². The summed E-state index contributed by atoms with van der Waals surface area (Å²) < 4.78 is 283. The molecule has 0 radical (unpaired) electrons. The summed E-state index contributed by atoms with van der Waals surface area (Å²) in [5.74, 6) is -54.8. The smallest absolute Gasteiger partial charge is 0.219 e. The fourth-order valence-corrected chi connectivity index (χ4v) is 10.6. The van der Waals surface area contributed by atoms with E-state index < -0.39 is 152 Å². The molecule has 0 fully saturated rings. The summed E-state index contributed by atoms with van der Waals surface area (Å²) in [7, 11) is -3.07. The van der Waals surface area contributed by atoms with Gasteiger partial charge in [-0.1, -0.05) is 54.6 Å². The van der Waals surface area contributed by atoms with Crippen LogP contribution in [0.3, 0.4) is 0 Å². The van der Waals surface area contributed by atoms with Crippen LogP contribution in [0, 0.1) is 116 Å². The SMILES string of the molecule is Fc1c(F)c(F)c([BH-](c2c(F)c(F)c(F)c(F)c2F)c2c(F)c(F)c(F)c(F)c2F)c(F)c1F.Fc1c(F)c(F)c([NH+]=P(c2ccccc2)(c2ccccc2)c2ccccc2)c(F)c1F. The molecule has 1 nitrogen and oxygen atoms in total. The molecule has 65 heavy (non-hydrogen) atoms. The standard InChI is InChI=1S/C24H15F5NP.C18HBF15/c25-19-20(26)22(28)24(23(29)21(19)27)30-31(16-10-4-1-5-11-16,17-12-6-2-7-13-17)18-14-8-3-9-15-18;20-4-1(5(21)11(27)16(32)10(4)26)19(2-6(22)12(28)17(33)13(29)7(2)23)3-8(24)14(30)18(34)15(31)9(3)25/h1-15H;19H/q;-1/p+1. The van der Waals surface area contributed by atoms with E-state index in [1.54, 1.807) is 91.0 Å². The molecule has 0 heterocycles. The average molecular weight is 957 g/mol. The third-order valence-electron chi connectivity index (χ3n) is 9.88. The monoisotopic (exact) mass is 957 g/mol. The van der Waals surface area contributed by atoms with Gasteiger partial charge in [0.05, 0.1) is 6.71 Å². The van der Waals surface area contributed by atoms with Crippen LogP contribution in [0.4, 0.5) is 93.5 Å². The Kier molecular flexibility index (Phi) is 13.6. The highest BCUT2D eigenvalue weighted by Gasteiger charge is 2.40. The lowest BCUT2D eigenvalue weighted by atomic mass is 9.36. The molecule has 0 aliphatic rings. The van der Waals surface area contributed by atoms with Crippen LogP contribution in [0.25, 0.3) is 0 Å². The minimum atomic E-state index is -5.16. The Morgan fingerprint density at radius 1 is 0.246 bits per heavy atom. The van der Waals surface area contributed by atoms with E-state index in [2.05, 4.69) is 4.74 Å². The molecule has 1 N–H and O–H groups in total. The first-order chi connectivity index (χ1) is 30.6. The summed E-state index contributed by atoms with van der Waals surface area (Å²) in [6.45, 7) is -5.16. The third kappa shape index (κ3) is 8.01. The van der Waals surface area contributed by atoms with Crippen molar-refractivity contribution in [2.75, 3.05) is 0 Å². The van der Waals surface area contributed by atoms with E-state index in [4.69, 9.17) is 0 Å². The Morgan fingerprint density at radius 3 is 0.646 bits per heavy atom. The van der Waals surface area contributed by atoms with Gasteiger partial charge in [0.2, 0.25) is 29.1 Å². The summed E-state index contributed by atoms with van der Waals surface area (Å²) >= 11 is 0. The molecule has 0 aliphatic heterocycles. The molecular weight excluding hydrogens is 940 g/mol. The van der Waals surface area contributed by atoms with Crippen molar-refractivity contribution in [3.05, 3.63) is 207 Å². The van der Waals surface area contributed by atoms with Crippen molar-refractivity contribution in [1.29, 1.82) is 0 Å². The third-order valence-corrected chi connectivity index (χ3v) is 13.7. The molecule has 23 heteroatoms. The second-order valence-electron chi connectivity index (χ2n) is 13.4. The summed E-state index contributed by atoms with van der Waals surface area (Å²) in [5.41, 5.74) is -8.84. The van der Waals surface area contributed by atoms with E-state index in [0.717, 1.165) is 0 Å². The Hall–Kier alpha value is -6.57. The molecule has 0 atom stereocenters. The van der Waals surface area contributed by atoms with E-state index in [1.165, 1.54) is 0 Å². The van der Waals surface area contributed by atoms with Crippen LogP contribution < -0.4 is 37.0 Å². The van der Waals surface area contributed by atoms with Crippen LogP contribution in [0.2, 0.25) is 0 Å². The molecule has 0 aliphatic carbocycles. The van der Waals surface area contributed by atoms with Gasteiger partial charge in [0.1, 0.15) is 34.9 Å². The fraction of sp³-hybridized carbons (Fsp3) is 0. The predicted molar refractivity (Wildman–Crippen MR) is 197 cm³/mol. The zero-order chi connectivity index (χ0) is 48.0. The number of nitrogens with one attached hydrogen (secondary N) is 1. The second-order valence-corrected chi connectivity index (χ2v) is 16.5. The lowest BCUT2D eigenvalue weighted by Crippen LogP contribution is -2.66. The molecule has 0 saturated heterocycles. The number of rotatable bonds is 7. The van der Waals surface area contributed by atoms with Gasteiger partial charge >= 0.3 is 0 Å². The van der Waals surface area contributed by atoms with Gasteiger partial charge in [-0.15, -0.1) is 16.4 Å². The second kappa shape index (κ2) is 18.5. The number of hydrogen-bond acceptors (Lipinski definition) is 0. The zero-order valence-electron chi connectivity index (χ0n) is 31.4. The number of hydrogen-bond donors (Lipinski definition) is 1. The van der Waals surface area contributed by atoms with Gasteiger partial charge in [-0.05, 0) is 36.4 Å². The minimum absolute atomic E-state index is 0.663. The van der Waals surface area contributed by atoms with Crippen LogP contribution in [-0.4, -0.2) is 6.71 Å². The molecule has 0 amide bonds. The fourth-order valence-electron chi connectivity index (χ4n) is 6.88. The molecule has 0 aromatic heterocycles. The molecule has 7 aromatic carbocycles. The molecule has 7 aromatic rings. The van der Waals surface area contributed by atoms with E-state index in [0.29, 0.717) is 15.9 Å². The molecular formula is C42H17BF20NP. The number of benzene rings is 7. The lowest BCUT2D eigenvalue weighted by Gasteiger charge is -2.30. The highest BCUT2D eigenvalue weighted by atomic mass is 31.2. The molecule has 0 unspecified atom stereocenters. The van der Waals surface area contributed by atoms with Gasteiger partial charge in [-0.2, -0.15) is 8.78 Å². The summed E-state index contributed by atoms with van der Waals surface area (Å²) in [6, 6.07) is 26.5. The van der Waals surface area contributed by atoms with Crippen LogP contribution in [0.1, 0.15) is 0 Å². The zero-order valence-corrected chi connectivity index (χ0v) is 32.3. The van der Waals surface area contributed by atoms with Gasteiger partial charge in [0.25, 0.3) is 5.69 Å². The summed E-state index contributed by atoms with van der Waals surface area (Å²) in [6.07, 6.45) is 0. The van der Waals surface area contributed by atoms with E-state index >= 15 is 0 Å². The quantitative estimate of drug-likeness (QED) is 0.0544. The molecule has 7 rings (SSSR count). The van der Waals surface area contributed by atoms with Gasteiger partial charge in [0.15, 0.2) is 59.4 Å². The maximum Gasteiger partial charge on any atom is 0.278 e. The van der Waals surface area contributed by atoms with Crippen molar-refractivity contribution >= 4 is 51.8 Å². The van der Waals surface area contributed by atoms with Gasteiger partial charge in [0, 0.05) is 15.9 Å². The molecule has 0 saturated carbocycles. The van der Waals surface area contributed by atoms with Gasteiger partial charge in [-0.3, -0.25) is 0 Å². The maximum absolute atomic E-state index is 14.7. The Morgan fingerprint density at radius 2 is 0.431 bits per heavy atom. The molecule has 0 spiro atoms. The van der Waals surface area contributed by atoms with Gasteiger partial charge in [-0.25, -0.2) is 83.8 Å². The lowest BCUT2D eigenvalue weighted by molar-refractivity contribution is -0.334. The highest BCUT2D eigenvalue weighted by Crippen LogP contribution is 2.40. The Labute approximate surface area is 351 Å². The Bertz CT molecular complexity index is 2680. The minimum Gasteiger partial charge on any atom is -0.219 e. The van der Waals surface area contributed by atoms with Crippen LogP contribution in [-0.2, 0) is 0 Å².